The van der Waals surface area contributed by atoms with Gasteiger partial charge in [0.1, 0.15) is 25.6 Å². The molecule has 1 N–H and O–H groups in total. The van der Waals surface area contributed by atoms with Gasteiger partial charge in [0, 0.05) is 44.4 Å². The number of non-ortho nitro benzene ring substituents is 1. The molecule has 35 heavy (non-hydrogen) atoms. The Morgan fingerprint density at radius 3 is 2.46 bits per heavy atom. The van der Waals surface area contributed by atoms with Crippen LogP contribution in [0.1, 0.15) is 24.8 Å². The quantitative estimate of drug-likeness (QED) is 0.0615. The van der Waals surface area contributed by atoms with Crippen LogP contribution in [0.15, 0.2) is 24.3 Å². The number of ether oxygens (including phenoxy) is 4. The number of sulfone groups is 1. The highest BCUT2D eigenvalue weighted by Gasteiger charge is 2.43. The Bertz CT molecular complexity index is 1010. The first-order chi connectivity index (χ1) is 16.5. The lowest BCUT2D eigenvalue weighted by atomic mass is 9.84. The highest BCUT2D eigenvalue weighted by molar-refractivity contribution is 7.91. The summed E-state index contributed by atoms with van der Waals surface area (Å²) >= 11 is 0. The maximum Gasteiger partial charge on any atom is 0.313 e. The molecule has 1 saturated heterocycles. The second-order valence-electron chi connectivity index (χ2n) is 7.91. The minimum absolute atomic E-state index is 0.102. The lowest BCUT2D eigenvalue weighted by molar-refractivity contribution is -0.384. The van der Waals surface area contributed by atoms with Crippen molar-refractivity contribution in [3.63, 3.8) is 0 Å². The Morgan fingerprint density at radius 2 is 1.89 bits per heavy atom. The number of methoxy groups -OCH3 is 1. The molecule has 1 aromatic rings. The number of nitro groups is 1. The van der Waals surface area contributed by atoms with Gasteiger partial charge >= 0.3 is 5.97 Å². The lowest BCUT2D eigenvalue weighted by Crippen LogP contribution is -2.60. The predicted octanol–water partition coefficient (Wildman–Crippen LogP) is 0.500. The summed E-state index contributed by atoms with van der Waals surface area (Å²) in [5.74, 6) is -2.48. The molecule has 0 aliphatic carbocycles. The van der Waals surface area contributed by atoms with Gasteiger partial charge in [-0.25, -0.2) is 8.42 Å². The minimum atomic E-state index is -3.67. The highest BCUT2D eigenvalue weighted by atomic mass is 32.2. The van der Waals surface area contributed by atoms with Gasteiger partial charge in [0.2, 0.25) is 5.91 Å². The summed E-state index contributed by atoms with van der Waals surface area (Å²) in [4.78, 5) is 46.4. The lowest BCUT2D eigenvalue weighted by Gasteiger charge is -2.37. The van der Waals surface area contributed by atoms with Crippen molar-refractivity contribution < 1.29 is 46.7 Å². The van der Waals surface area contributed by atoms with Gasteiger partial charge in [0.05, 0.1) is 24.1 Å². The number of carbonyl (C=O) groups excluding carboxylic acids is 3. The zero-order chi connectivity index (χ0) is 26.0. The van der Waals surface area contributed by atoms with Crippen molar-refractivity contribution in [1.82, 2.24) is 5.32 Å². The molecular weight excluding hydrogens is 488 g/mol. The SMILES string of the molecule is COCCOCOC(CC1C(=O)NC1CC(=O)CC(=O)OCc1ccc([N+](=O)[O-])cc1)S(C)(=O)=O. The first-order valence-corrected chi connectivity index (χ1v) is 12.5. The number of carbonyl (C=O) groups is 3. The Labute approximate surface area is 202 Å². The summed E-state index contributed by atoms with van der Waals surface area (Å²) in [5.41, 5.74) is -0.888. The number of nitro benzene ring substituents is 1. The normalized spacial score (nSPS) is 18.3. The van der Waals surface area contributed by atoms with E-state index in [0.29, 0.717) is 12.2 Å². The van der Waals surface area contributed by atoms with Crippen LogP contribution in [0, 0.1) is 16.0 Å². The smallest absolute Gasteiger partial charge is 0.313 e. The van der Waals surface area contributed by atoms with E-state index in [0.717, 1.165) is 6.26 Å². The average molecular weight is 517 g/mol. The van der Waals surface area contributed by atoms with Gasteiger partial charge in [-0.15, -0.1) is 0 Å². The van der Waals surface area contributed by atoms with Crippen molar-refractivity contribution in [3.8, 4) is 0 Å². The number of Topliss-reactive ketones (excluding diaryl/α,β-unsaturated/α-hetero) is 1. The van der Waals surface area contributed by atoms with Crippen molar-refractivity contribution in [2.75, 3.05) is 33.4 Å². The number of rotatable bonds is 16. The van der Waals surface area contributed by atoms with E-state index in [2.05, 4.69) is 5.32 Å². The average Bonchev–Trinajstić information content (AvgIpc) is 2.78. The first kappa shape index (κ1) is 28.3. The third-order valence-electron chi connectivity index (χ3n) is 5.18. The number of hydrogen-bond donors (Lipinski definition) is 1. The Morgan fingerprint density at radius 1 is 1.20 bits per heavy atom. The summed E-state index contributed by atoms with van der Waals surface area (Å²) in [6, 6.07) is 4.77. The number of benzene rings is 1. The Kier molecular flexibility index (Phi) is 10.7. The Balaban J connectivity index is 1.81. The second kappa shape index (κ2) is 13.2. The molecule has 3 atom stereocenters. The van der Waals surface area contributed by atoms with Gasteiger partial charge in [-0.1, -0.05) is 0 Å². The molecule has 1 amide bonds. The molecule has 0 radical (unpaired) electrons. The summed E-state index contributed by atoms with van der Waals surface area (Å²) in [6.07, 6.45) is 0.0978. The monoisotopic (exact) mass is 516 g/mol. The summed E-state index contributed by atoms with van der Waals surface area (Å²) in [5, 5.41) is 13.2. The van der Waals surface area contributed by atoms with E-state index >= 15 is 0 Å². The summed E-state index contributed by atoms with van der Waals surface area (Å²) in [6.45, 7) is 0.0408. The fourth-order valence-electron chi connectivity index (χ4n) is 3.25. The molecule has 2 rings (SSSR count). The molecular formula is C21H28N2O11S. The molecule has 1 aromatic carbocycles. The second-order valence-corrected chi connectivity index (χ2v) is 10.1. The third-order valence-corrected chi connectivity index (χ3v) is 6.46. The molecule has 0 bridgehead atoms. The highest BCUT2D eigenvalue weighted by Crippen LogP contribution is 2.27. The zero-order valence-electron chi connectivity index (χ0n) is 19.3. The fourth-order valence-corrected chi connectivity index (χ4v) is 4.11. The van der Waals surface area contributed by atoms with Gasteiger partial charge < -0.3 is 24.3 Å². The van der Waals surface area contributed by atoms with Crippen molar-refractivity contribution in [2.24, 2.45) is 5.92 Å². The molecule has 0 aromatic heterocycles. The van der Waals surface area contributed by atoms with E-state index in [1.807, 2.05) is 0 Å². The molecule has 1 aliphatic heterocycles. The maximum atomic E-state index is 12.3. The molecule has 14 heteroatoms. The molecule has 1 fully saturated rings. The molecule has 13 nitrogen and oxygen atoms in total. The van der Waals surface area contributed by atoms with Crippen LogP contribution in [0.2, 0.25) is 0 Å². The number of β-lactam (4-membered cyclic amide) rings is 1. The van der Waals surface area contributed by atoms with Gasteiger partial charge in [-0.05, 0) is 17.7 Å². The van der Waals surface area contributed by atoms with Gasteiger partial charge in [0.25, 0.3) is 5.69 Å². The summed E-state index contributed by atoms with van der Waals surface area (Å²) in [7, 11) is -2.19. The third kappa shape index (κ3) is 9.32. The van der Waals surface area contributed by atoms with E-state index in [-0.39, 0.29) is 38.5 Å². The number of nitrogens with zero attached hydrogens (tertiary/aromatic N) is 1. The molecule has 0 spiro atoms. The van der Waals surface area contributed by atoms with E-state index in [1.165, 1.54) is 31.4 Å². The largest absolute Gasteiger partial charge is 0.460 e. The molecule has 1 aliphatic rings. The van der Waals surface area contributed by atoms with Crippen molar-refractivity contribution in [3.05, 3.63) is 39.9 Å². The number of esters is 1. The van der Waals surface area contributed by atoms with Crippen molar-refractivity contribution >= 4 is 33.2 Å². The molecule has 0 saturated carbocycles. The van der Waals surface area contributed by atoms with Crippen LogP contribution in [-0.4, -0.2) is 75.9 Å². The van der Waals surface area contributed by atoms with E-state index in [9.17, 15) is 32.9 Å². The van der Waals surface area contributed by atoms with Crippen LogP contribution in [0.25, 0.3) is 0 Å². The van der Waals surface area contributed by atoms with Gasteiger partial charge in [0.15, 0.2) is 15.3 Å². The summed E-state index contributed by atoms with van der Waals surface area (Å²) < 4.78 is 44.3. The maximum absolute atomic E-state index is 12.3. The molecule has 194 valence electrons. The van der Waals surface area contributed by atoms with Crippen molar-refractivity contribution in [2.45, 2.75) is 37.3 Å². The fraction of sp³-hybridized carbons (Fsp3) is 0.571. The van der Waals surface area contributed by atoms with E-state index < -0.39 is 56.2 Å². The van der Waals surface area contributed by atoms with E-state index in [4.69, 9.17) is 18.9 Å². The first-order valence-electron chi connectivity index (χ1n) is 10.6. The van der Waals surface area contributed by atoms with Crippen molar-refractivity contribution in [1.29, 1.82) is 0 Å². The van der Waals surface area contributed by atoms with Crippen LogP contribution in [0.5, 0.6) is 0 Å². The number of nitrogens with one attached hydrogen (secondary N) is 1. The topological polar surface area (TPSA) is 177 Å². The minimum Gasteiger partial charge on any atom is -0.460 e. The number of hydrogen-bond acceptors (Lipinski definition) is 11. The molecule has 3 unspecified atom stereocenters. The molecule has 1 heterocycles. The number of ketones is 1. The van der Waals surface area contributed by atoms with Crippen LogP contribution in [-0.2, 0) is 49.8 Å². The zero-order valence-corrected chi connectivity index (χ0v) is 20.2. The van der Waals surface area contributed by atoms with Crippen LogP contribution in [0.4, 0.5) is 5.69 Å². The van der Waals surface area contributed by atoms with E-state index in [1.54, 1.807) is 0 Å². The Hall–Kier alpha value is -2.94. The number of amides is 1. The standard InChI is InChI=1S/C21H28N2O11S/c1-31-7-8-32-13-34-20(35(2,29)30)11-17-18(22-21(17)26)9-16(24)10-19(25)33-12-14-3-5-15(6-4-14)23(27)28/h3-6,17-18,20H,7-13H2,1-2H3,(H,22,26). The van der Waals surface area contributed by atoms with Crippen LogP contribution >= 0.6 is 0 Å². The van der Waals surface area contributed by atoms with Gasteiger partial charge in [-0.2, -0.15) is 0 Å². The predicted molar refractivity (Wildman–Crippen MR) is 120 cm³/mol. The van der Waals surface area contributed by atoms with Crippen LogP contribution < -0.4 is 5.32 Å². The van der Waals surface area contributed by atoms with Gasteiger partial charge in [-0.3, -0.25) is 24.5 Å². The van der Waals surface area contributed by atoms with Crippen LogP contribution in [0.3, 0.4) is 0 Å².